The highest BCUT2D eigenvalue weighted by molar-refractivity contribution is 7.99. The van der Waals surface area contributed by atoms with Crippen LogP contribution in [0.5, 0.6) is 0 Å². The molecule has 3 aromatic heterocycles. The molecule has 0 atom stereocenters. The highest BCUT2D eigenvalue weighted by Crippen LogP contribution is 2.40. The summed E-state index contributed by atoms with van der Waals surface area (Å²) in [6, 6.07) is 64.6. The maximum atomic E-state index is 5.15. The van der Waals surface area contributed by atoms with Crippen molar-refractivity contribution in [3.63, 3.8) is 0 Å². The van der Waals surface area contributed by atoms with E-state index in [1.54, 1.807) is 23.1 Å². The fourth-order valence-corrected chi connectivity index (χ4v) is 8.87. The zero-order valence-corrected chi connectivity index (χ0v) is 31.6. The summed E-state index contributed by atoms with van der Waals surface area (Å²) in [5.41, 5.74) is 9.06. The van der Waals surface area contributed by atoms with Gasteiger partial charge in [0.25, 0.3) is 0 Å². The Hall–Kier alpha value is -6.80. The molecule has 3 heterocycles. The van der Waals surface area contributed by atoms with Gasteiger partial charge in [0, 0.05) is 47.7 Å². The maximum absolute atomic E-state index is 5.15. The van der Waals surface area contributed by atoms with Gasteiger partial charge in [-0.2, -0.15) is 0 Å². The molecule has 0 aliphatic rings. The average Bonchev–Trinajstić information content (AvgIpc) is 3.66. The van der Waals surface area contributed by atoms with E-state index in [1.807, 2.05) is 42.5 Å². The lowest BCUT2D eigenvalue weighted by Gasteiger charge is -2.11. The summed E-state index contributed by atoms with van der Waals surface area (Å²) < 4.78 is 2.32. The predicted octanol–water partition coefficient (Wildman–Crippen LogP) is 13.2. The second-order valence-corrected chi connectivity index (χ2v) is 15.5. The van der Waals surface area contributed by atoms with Crippen molar-refractivity contribution >= 4 is 43.4 Å². The van der Waals surface area contributed by atoms with Crippen LogP contribution in [0.25, 0.3) is 88.2 Å². The van der Waals surface area contributed by atoms with Crippen molar-refractivity contribution < 1.29 is 0 Å². The van der Waals surface area contributed by atoms with Crippen molar-refractivity contribution in [2.24, 2.45) is 0 Å². The maximum Gasteiger partial charge on any atom is 0.164 e. The second-order valence-electron chi connectivity index (χ2n) is 13.3. The largest absolute Gasteiger partial charge is 0.226 e. The first-order chi connectivity index (χ1) is 27.7. The van der Waals surface area contributed by atoms with E-state index in [0.717, 1.165) is 70.0 Å². The Morgan fingerprint density at radius 2 is 0.857 bits per heavy atom. The molecule has 0 unspecified atom stereocenters. The number of rotatable bonds is 8. The number of hydrogen-bond acceptors (Lipinski definition) is 7. The van der Waals surface area contributed by atoms with Crippen LogP contribution in [0.1, 0.15) is 0 Å². The molecule has 0 radical (unpaired) electrons. The van der Waals surface area contributed by atoms with Gasteiger partial charge in [-0.3, -0.25) is 0 Å². The van der Waals surface area contributed by atoms with Gasteiger partial charge in [0.15, 0.2) is 23.3 Å². The molecular weight excluding hydrogens is 723 g/mol. The number of thiophene rings is 1. The van der Waals surface area contributed by atoms with Gasteiger partial charge in [-0.1, -0.05) is 163 Å². The van der Waals surface area contributed by atoms with E-state index < -0.39 is 0 Å². The van der Waals surface area contributed by atoms with E-state index in [4.69, 9.17) is 24.9 Å². The molecule has 7 heteroatoms. The quantitative estimate of drug-likeness (QED) is 0.154. The minimum Gasteiger partial charge on any atom is -0.226 e. The predicted molar refractivity (Wildman–Crippen MR) is 231 cm³/mol. The molecule has 10 rings (SSSR count). The minimum absolute atomic E-state index is 0.625. The minimum atomic E-state index is 0.625. The molecule has 0 saturated carbocycles. The SMILES string of the molecule is c1ccc(-c2cccc(-c3nc(-c4ccccc4)nc(-c4cccc(Sc5ccc(-c6nc(-c7ccccc7)c7sc8ccccc8c7n6)cc5)c4)n3)c2)cc1. The molecule has 56 heavy (non-hydrogen) atoms. The highest BCUT2D eigenvalue weighted by atomic mass is 32.2. The molecule has 0 saturated heterocycles. The van der Waals surface area contributed by atoms with Crippen molar-refractivity contribution in [2.45, 2.75) is 9.79 Å². The number of hydrogen-bond donors (Lipinski definition) is 0. The molecule has 7 aromatic carbocycles. The van der Waals surface area contributed by atoms with Crippen molar-refractivity contribution in [1.29, 1.82) is 0 Å². The average molecular weight is 754 g/mol. The van der Waals surface area contributed by atoms with Gasteiger partial charge in [0.2, 0.25) is 0 Å². The van der Waals surface area contributed by atoms with Crippen LogP contribution in [0, 0.1) is 0 Å². The molecule has 5 nitrogen and oxygen atoms in total. The van der Waals surface area contributed by atoms with Crippen LogP contribution in [0.3, 0.4) is 0 Å². The van der Waals surface area contributed by atoms with Gasteiger partial charge in [0.05, 0.1) is 15.9 Å². The monoisotopic (exact) mass is 753 g/mol. The molecule has 0 fully saturated rings. The van der Waals surface area contributed by atoms with E-state index in [2.05, 4.69) is 146 Å². The molecule has 0 amide bonds. The third-order valence-electron chi connectivity index (χ3n) is 9.60. The van der Waals surface area contributed by atoms with Crippen LogP contribution in [-0.2, 0) is 0 Å². The zero-order chi connectivity index (χ0) is 37.3. The standard InChI is InChI=1S/C49H31N5S2/c1-4-14-32(15-5-1)36-20-12-21-37(30-36)48-52-47(34-18-8-3-9-19-34)53-49(54-48)38-22-13-23-40(31-38)55-39-28-26-35(27-29-39)46-50-43(33-16-6-2-7-17-33)45-44(51-46)41-24-10-11-25-42(41)56-45/h1-31H. The van der Waals surface area contributed by atoms with E-state index in [0.29, 0.717) is 23.3 Å². The first kappa shape index (κ1) is 33.7. The lowest BCUT2D eigenvalue weighted by molar-refractivity contribution is 1.07. The van der Waals surface area contributed by atoms with Gasteiger partial charge in [0.1, 0.15) is 0 Å². The number of aromatic nitrogens is 5. The normalized spacial score (nSPS) is 11.3. The lowest BCUT2D eigenvalue weighted by atomic mass is 10.0. The fourth-order valence-electron chi connectivity index (χ4n) is 6.84. The molecule has 0 bridgehead atoms. The molecule has 0 spiro atoms. The molecule has 264 valence electrons. The van der Waals surface area contributed by atoms with Gasteiger partial charge in [-0.25, -0.2) is 24.9 Å². The molecular formula is C49H31N5S2. The third kappa shape index (κ3) is 6.75. The van der Waals surface area contributed by atoms with Crippen LogP contribution in [0.15, 0.2) is 198 Å². The number of nitrogens with zero attached hydrogens (tertiary/aromatic N) is 5. The second kappa shape index (κ2) is 14.8. The van der Waals surface area contributed by atoms with E-state index in [9.17, 15) is 0 Å². The Kier molecular flexibility index (Phi) is 8.91. The highest BCUT2D eigenvalue weighted by Gasteiger charge is 2.17. The van der Waals surface area contributed by atoms with Gasteiger partial charge < -0.3 is 0 Å². The Morgan fingerprint density at radius 1 is 0.339 bits per heavy atom. The lowest BCUT2D eigenvalue weighted by Crippen LogP contribution is -2.00. The van der Waals surface area contributed by atoms with Crippen molar-refractivity contribution in [1.82, 2.24) is 24.9 Å². The van der Waals surface area contributed by atoms with E-state index >= 15 is 0 Å². The molecule has 10 aromatic rings. The van der Waals surface area contributed by atoms with Crippen molar-refractivity contribution in [3.05, 3.63) is 188 Å². The fraction of sp³-hybridized carbons (Fsp3) is 0. The van der Waals surface area contributed by atoms with Crippen molar-refractivity contribution in [2.75, 3.05) is 0 Å². The van der Waals surface area contributed by atoms with Crippen LogP contribution in [0.2, 0.25) is 0 Å². The Bertz CT molecular complexity index is 2990. The summed E-state index contributed by atoms with van der Waals surface area (Å²) in [5, 5.41) is 1.15. The number of fused-ring (bicyclic) bond motifs is 3. The van der Waals surface area contributed by atoms with Gasteiger partial charge in [-0.15, -0.1) is 11.3 Å². The summed E-state index contributed by atoms with van der Waals surface area (Å²) in [6.07, 6.45) is 0. The van der Waals surface area contributed by atoms with Crippen molar-refractivity contribution in [3.8, 4) is 67.9 Å². The topological polar surface area (TPSA) is 64.5 Å². The first-order valence-electron chi connectivity index (χ1n) is 18.3. The summed E-state index contributed by atoms with van der Waals surface area (Å²) in [6.45, 7) is 0. The van der Waals surface area contributed by atoms with Crippen LogP contribution < -0.4 is 0 Å². The van der Waals surface area contributed by atoms with Gasteiger partial charge >= 0.3 is 0 Å². The summed E-state index contributed by atoms with van der Waals surface area (Å²) >= 11 is 3.44. The van der Waals surface area contributed by atoms with E-state index in [1.165, 1.54) is 4.70 Å². The molecule has 0 aliphatic heterocycles. The van der Waals surface area contributed by atoms with Crippen LogP contribution in [-0.4, -0.2) is 24.9 Å². The summed E-state index contributed by atoms with van der Waals surface area (Å²) in [4.78, 5) is 27.5. The molecule has 0 N–H and O–H groups in total. The Balaban J connectivity index is 0.977. The Labute approximate surface area is 332 Å². The van der Waals surface area contributed by atoms with E-state index in [-0.39, 0.29) is 0 Å². The third-order valence-corrected chi connectivity index (χ3v) is 11.8. The zero-order valence-electron chi connectivity index (χ0n) is 30.0. The Morgan fingerprint density at radius 3 is 1.57 bits per heavy atom. The smallest absolute Gasteiger partial charge is 0.164 e. The molecule has 0 aliphatic carbocycles. The summed E-state index contributed by atoms with van der Waals surface area (Å²) in [5.74, 6) is 2.61. The first-order valence-corrected chi connectivity index (χ1v) is 20.0. The van der Waals surface area contributed by atoms with Gasteiger partial charge in [-0.05, 0) is 47.5 Å². The number of benzene rings is 7. The van der Waals surface area contributed by atoms with Crippen LogP contribution >= 0.6 is 23.1 Å². The summed E-state index contributed by atoms with van der Waals surface area (Å²) in [7, 11) is 0. The van der Waals surface area contributed by atoms with Crippen LogP contribution in [0.4, 0.5) is 0 Å².